The summed E-state index contributed by atoms with van der Waals surface area (Å²) in [6.45, 7) is 4.80. The number of pyridine rings is 1. The fourth-order valence-electron chi connectivity index (χ4n) is 2.23. The standard InChI is InChI=1S/C15H22N4O2/c1-3-5-11-7-12-9-19(10-13(16)20)15(21-6-4-2)18-14(12)17-8-11/h7-9,15H,3-6,10H2,1-2H3,(H2,16,20). The number of hydrogen-bond acceptors (Lipinski definition) is 5. The number of carbonyl (C=O) groups excluding carboxylic acids is 1. The number of amides is 1. The predicted molar refractivity (Wildman–Crippen MR) is 79.4 cm³/mol. The van der Waals surface area contributed by atoms with E-state index >= 15 is 0 Å². The van der Waals surface area contributed by atoms with Crippen LogP contribution in [-0.2, 0) is 16.0 Å². The fourth-order valence-corrected chi connectivity index (χ4v) is 2.23. The molecule has 0 bridgehead atoms. The van der Waals surface area contributed by atoms with Crippen LogP contribution in [0.5, 0.6) is 0 Å². The summed E-state index contributed by atoms with van der Waals surface area (Å²) in [5.74, 6) is -0.410. The van der Waals surface area contributed by atoms with E-state index in [2.05, 4.69) is 23.0 Å². The molecule has 1 aromatic heterocycles. The monoisotopic (exact) mass is 290 g/mol. The van der Waals surface area contributed by atoms with E-state index < -0.39 is 12.3 Å². The molecule has 0 spiro atoms. The molecule has 1 unspecified atom stereocenters. The average molecular weight is 290 g/mol. The van der Waals surface area contributed by atoms with Crippen molar-refractivity contribution in [2.75, 3.05) is 13.2 Å². The number of rotatable bonds is 7. The Labute approximate surface area is 124 Å². The van der Waals surface area contributed by atoms with Gasteiger partial charge in [-0.25, -0.2) is 9.98 Å². The lowest BCUT2D eigenvalue weighted by molar-refractivity contribution is -0.121. The number of aryl methyl sites for hydroxylation is 1. The van der Waals surface area contributed by atoms with Crippen molar-refractivity contribution >= 4 is 12.1 Å². The third-order valence-corrected chi connectivity index (χ3v) is 3.12. The van der Waals surface area contributed by atoms with E-state index in [4.69, 9.17) is 10.5 Å². The molecule has 1 aliphatic rings. The molecule has 1 atom stereocenters. The maximum absolute atomic E-state index is 11.2. The molecular formula is C15H22N4O2. The summed E-state index contributed by atoms with van der Waals surface area (Å²) >= 11 is 0. The smallest absolute Gasteiger partial charge is 0.237 e. The summed E-state index contributed by atoms with van der Waals surface area (Å²) in [5, 5.41) is 0.901. The zero-order chi connectivity index (χ0) is 15.2. The molecule has 2 N–H and O–H groups in total. The van der Waals surface area contributed by atoms with E-state index in [1.54, 1.807) is 4.90 Å². The molecule has 1 aromatic rings. The zero-order valence-electron chi connectivity index (χ0n) is 12.6. The van der Waals surface area contributed by atoms with Crippen LogP contribution in [0.4, 0.5) is 0 Å². The highest BCUT2D eigenvalue weighted by atomic mass is 16.5. The highest BCUT2D eigenvalue weighted by Gasteiger charge is 2.20. The number of fused-ring (bicyclic) bond motifs is 1. The molecule has 2 rings (SSSR count). The van der Waals surface area contributed by atoms with Crippen LogP contribution in [0.3, 0.4) is 0 Å². The molecule has 0 saturated heterocycles. The predicted octanol–water partition coefficient (Wildman–Crippen LogP) is -0.0972. The molecule has 6 nitrogen and oxygen atoms in total. The minimum atomic E-state index is -0.533. The maximum atomic E-state index is 11.2. The molecule has 1 amide bonds. The van der Waals surface area contributed by atoms with Gasteiger partial charge in [0.05, 0.1) is 6.61 Å². The molecule has 0 radical (unpaired) electrons. The van der Waals surface area contributed by atoms with Crippen molar-refractivity contribution < 1.29 is 9.53 Å². The molecule has 2 heterocycles. The highest BCUT2D eigenvalue weighted by molar-refractivity contribution is 5.76. The van der Waals surface area contributed by atoms with Gasteiger partial charge in [-0.1, -0.05) is 20.3 Å². The van der Waals surface area contributed by atoms with Gasteiger partial charge in [-0.2, -0.15) is 0 Å². The summed E-state index contributed by atoms with van der Waals surface area (Å²) in [6.07, 6.45) is 6.09. The Morgan fingerprint density at radius 2 is 2.24 bits per heavy atom. The summed E-state index contributed by atoms with van der Waals surface area (Å²) in [7, 11) is 0. The van der Waals surface area contributed by atoms with Crippen LogP contribution < -0.4 is 16.4 Å². The average Bonchev–Trinajstić information content (AvgIpc) is 2.45. The number of carbonyl (C=O) groups is 1. The second kappa shape index (κ2) is 7.17. The van der Waals surface area contributed by atoms with Crippen molar-refractivity contribution in [3.8, 4) is 0 Å². The van der Waals surface area contributed by atoms with Gasteiger partial charge in [0.2, 0.25) is 12.3 Å². The molecule has 0 aromatic carbocycles. The van der Waals surface area contributed by atoms with Crippen LogP contribution >= 0.6 is 0 Å². The number of primary amides is 1. The molecular weight excluding hydrogens is 268 g/mol. The third kappa shape index (κ3) is 4.01. The van der Waals surface area contributed by atoms with Crippen molar-refractivity contribution in [3.05, 3.63) is 28.5 Å². The number of hydrogen-bond donors (Lipinski definition) is 1. The second-order valence-electron chi connectivity index (χ2n) is 5.10. The molecule has 114 valence electrons. The molecule has 0 aliphatic carbocycles. The second-order valence-corrected chi connectivity index (χ2v) is 5.10. The van der Waals surface area contributed by atoms with E-state index in [-0.39, 0.29) is 6.54 Å². The van der Waals surface area contributed by atoms with Crippen molar-refractivity contribution in [2.24, 2.45) is 10.7 Å². The number of nitrogens with two attached hydrogens (primary N) is 1. The minimum Gasteiger partial charge on any atom is -0.368 e. The Morgan fingerprint density at radius 3 is 2.90 bits per heavy atom. The van der Waals surface area contributed by atoms with Crippen LogP contribution in [0.25, 0.3) is 6.20 Å². The first-order chi connectivity index (χ1) is 10.1. The van der Waals surface area contributed by atoms with Crippen LogP contribution in [-0.4, -0.2) is 35.3 Å². The minimum absolute atomic E-state index is 0.0787. The lowest BCUT2D eigenvalue weighted by Gasteiger charge is -2.28. The van der Waals surface area contributed by atoms with Gasteiger partial charge in [0, 0.05) is 17.6 Å². The highest BCUT2D eigenvalue weighted by Crippen LogP contribution is 2.07. The maximum Gasteiger partial charge on any atom is 0.237 e. The normalized spacial score (nSPS) is 16.9. The lowest BCUT2D eigenvalue weighted by atomic mass is 10.1. The van der Waals surface area contributed by atoms with Crippen LogP contribution in [0, 0.1) is 0 Å². The van der Waals surface area contributed by atoms with Gasteiger partial charge in [0.1, 0.15) is 6.54 Å². The van der Waals surface area contributed by atoms with E-state index in [1.165, 1.54) is 0 Å². The number of nitrogens with zero attached hydrogens (tertiary/aromatic N) is 3. The van der Waals surface area contributed by atoms with E-state index in [9.17, 15) is 4.79 Å². The van der Waals surface area contributed by atoms with Crippen molar-refractivity contribution in [1.82, 2.24) is 9.88 Å². The topological polar surface area (TPSA) is 80.8 Å². The Kier molecular flexibility index (Phi) is 5.27. The van der Waals surface area contributed by atoms with Gasteiger partial charge < -0.3 is 15.4 Å². The van der Waals surface area contributed by atoms with Gasteiger partial charge in [0.15, 0.2) is 5.49 Å². The van der Waals surface area contributed by atoms with Gasteiger partial charge >= 0.3 is 0 Å². The first-order valence-corrected chi connectivity index (χ1v) is 7.34. The Bertz CT molecular complexity index is 615. The van der Waals surface area contributed by atoms with Crippen molar-refractivity contribution in [3.63, 3.8) is 0 Å². The van der Waals surface area contributed by atoms with Crippen molar-refractivity contribution in [1.29, 1.82) is 0 Å². The zero-order valence-corrected chi connectivity index (χ0v) is 12.6. The SMILES string of the molecule is CCCOC1N=c2ncc(CCC)cc2=CN1CC(N)=O. The van der Waals surface area contributed by atoms with Crippen LogP contribution in [0.1, 0.15) is 32.3 Å². The van der Waals surface area contributed by atoms with E-state index in [0.29, 0.717) is 12.1 Å². The van der Waals surface area contributed by atoms with E-state index in [0.717, 1.165) is 30.0 Å². The molecule has 1 aliphatic heterocycles. The molecule has 21 heavy (non-hydrogen) atoms. The van der Waals surface area contributed by atoms with Crippen LogP contribution in [0.15, 0.2) is 17.3 Å². The van der Waals surface area contributed by atoms with E-state index in [1.807, 2.05) is 19.3 Å². The van der Waals surface area contributed by atoms with Gasteiger partial charge in [-0.3, -0.25) is 4.79 Å². The lowest BCUT2D eigenvalue weighted by Crippen LogP contribution is -2.47. The van der Waals surface area contributed by atoms with Gasteiger partial charge in [-0.05, 0) is 24.5 Å². The first kappa shape index (κ1) is 15.4. The Hall–Kier alpha value is -1.95. The van der Waals surface area contributed by atoms with Crippen LogP contribution in [0.2, 0.25) is 0 Å². The first-order valence-electron chi connectivity index (χ1n) is 7.34. The Balaban J connectivity index is 2.35. The number of ether oxygens (including phenoxy) is 1. The number of aromatic nitrogens is 1. The summed E-state index contributed by atoms with van der Waals surface area (Å²) < 4.78 is 5.66. The summed E-state index contributed by atoms with van der Waals surface area (Å²) in [5.41, 5.74) is 7.11. The quantitative estimate of drug-likeness (QED) is 0.760. The fraction of sp³-hybridized carbons (Fsp3) is 0.533. The largest absolute Gasteiger partial charge is 0.368 e. The molecule has 0 fully saturated rings. The molecule has 0 saturated carbocycles. The third-order valence-electron chi connectivity index (χ3n) is 3.12. The summed E-state index contributed by atoms with van der Waals surface area (Å²) in [6, 6.07) is 2.05. The summed E-state index contributed by atoms with van der Waals surface area (Å²) in [4.78, 5) is 21.8. The van der Waals surface area contributed by atoms with Gasteiger partial charge in [0.25, 0.3) is 0 Å². The van der Waals surface area contributed by atoms with Gasteiger partial charge in [-0.15, -0.1) is 0 Å². The Morgan fingerprint density at radius 1 is 1.43 bits per heavy atom. The van der Waals surface area contributed by atoms with Crippen molar-refractivity contribution in [2.45, 2.75) is 39.5 Å². The molecule has 6 heteroatoms.